The van der Waals surface area contributed by atoms with E-state index in [4.69, 9.17) is 22.1 Å². The zero-order valence-corrected chi connectivity index (χ0v) is 13.0. The van der Waals surface area contributed by atoms with Crippen LogP contribution in [0.5, 0.6) is 5.75 Å². The molecule has 1 unspecified atom stereocenters. The van der Waals surface area contributed by atoms with E-state index in [9.17, 15) is 9.59 Å². The van der Waals surface area contributed by atoms with Gasteiger partial charge in [-0.1, -0.05) is 42.2 Å². The highest BCUT2D eigenvalue weighted by atomic mass is 32.2. The summed E-state index contributed by atoms with van der Waals surface area (Å²) in [6.07, 6.45) is 0.687. The minimum absolute atomic E-state index is 0.175. The number of para-hydroxylation sites is 1. The number of carbonyl (C=O) groups excluding carboxylic acids is 1. The fourth-order valence-corrected chi connectivity index (χ4v) is 2.81. The maximum Gasteiger partial charge on any atom is 0.344 e. The molecule has 0 aromatic heterocycles. The second kappa shape index (κ2) is 6.28. The Morgan fingerprint density at radius 1 is 1.48 bits per heavy atom. The number of thioether (sulfide) groups is 1. The van der Waals surface area contributed by atoms with Gasteiger partial charge in [0.05, 0.1) is 4.91 Å². The molecule has 0 saturated carbocycles. The third-order valence-electron chi connectivity index (χ3n) is 2.84. The van der Waals surface area contributed by atoms with Crippen molar-refractivity contribution in [1.82, 2.24) is 4.90 Å². The van der Waals surface area contributed by atoms with E-state index in [-0.39, 0.29) is 5.91 Å². The summed E-state index contributed by atoms with van der Waals surface area (Å²) in [5.74, 6) is -0.815. The van der Waals surface area contributed by atoms with Crippen LogP contribution < -0.4 is 4.74 Å². The van der Waals surface area contributed by atoms with Crippen LogP contribution in [0.1, 0.15) is 12.5 Å². The third kappa shape index (κ3) is 3.43. The summed E-state index contributed by atoms with van der Waals surface area (Å²) in [6, 6.07) is 6.95. The SMILES string of the molecule is CC(Oc1ccccc1/C=C1/SC(=S)N(C)C1=O)C(=O)O. The summed E-state index contributed by atoms with van der Waals surface area (Å²) >= 11 is 6.27. The molecular weight excluding hydrogens is 310 g/mol. The smallest absolute Gasteiger partial charge is 0.344 e. The Hall–Kier alpha value is -1.86. The average molecular weight is 323 g/mol. The summed E-state index contributed by atoms with van der Waals surface area (Å²) in [4.78, 5) is 24.7. The molecule has 110 valence electrons. The maximum atomic E-state index is 12.0. The second-order valence-corrected chi connectivity index (χ2v) is 6.05. The van der Waals surface area contributed by atoms with E-state index < -0.39 is 12.1 Å². The number of carbonyl (C=O) groups is 2. The summed E-state index contributed by atoms with van der Waals surface area (Å²) in [5, 5.41) is 8.91. The van der Waals surface area contributed by atoms with Crippen molar-refractivity contribution >= 4 is 46.3 Å². The number of ether oxygens (including phenoxy) is 1. The van der Waals surface area contributed by atoms with Crippen LogP contribution in [-0.4, -0.2) is 39.4 Å². The fourth-order valence-electron chi connectivity index (χ4n) is 1.63. The summed E-state index contributed by atoms with van der Waals surface area (Å²) in [7, 11) is 1.62. The number of carboxylic acid groups (broad SMARTS) is 1. The predicted molar refractivity (Wildman–Crippen MR) is 85.1 cm³/mol. The van der Waals surface area contributed by atoms with Gasteiger partial charge in [0.1, 0.15) is 10.1 Å². The first-order chi connectivity index (χ1) is 9.90. The van der Waals surface area contributed by atoms with Gasteiger partial charge in [0, 0.05) is 12.6 Å². The van der Waals surface area contributed by atoms with E-state index in [1.54, 1.807) is 37.4 Å². The average Bonchev–Trinajstić information content (AvgIpc) is 2.68. The highest BCUT2D eigenvalue weighted by Crippen LogP contribution is 2.33. The molecule has 1 fully saturated rings. The zero-order valence-electron chi connectivity index (χ0n) is 11.4. The number of benzene rings is 1. The second-order valence-electron chi connectivity index (χ2n) is 4.38. The molecule has 0 spiro atoms. The van der Waals surface area contributed by atoms with Gasteiger partial charge in [-0.05, 0) is 19.1 Å². The molecule has 5 nitrogen and oxygen atoms in total. The molecule has 0 aliphatic carbocycles. The van der Waals surface area contributed by atoms with Crippen molar-refractivity contribution in [3.8, 4) is 5.75 Å². The molecule has 0 radical (unpaired) electrons. The molecule has 1 aromatic carbocycles. The predicted octanol–water partition coefficient (Wildman–Crippen LogP) is 2.37. The van der Waals surface area contributed by atoms with Gasteiger partial charge in [-0.25, -0.2) is 4.79 Å². The molecule has 1 aromatic rings. The van der Waals surface area contributed by atoms with Crippen LogP contribution >= 0.6 is 24.0 Å². The van der Waals surface area contributed by atoms with E-state index in [0.29, 0.717) is 20.5 Å². The van der Waals surface area contributed by atoms with Crippen molar-refractivity contribution in [3.05, 3.63) is 34.7 Å². The number of likely N-dealkylation sites (N-methyl/N-ethyl adjacent to an activating group) is 1. The Balaban J connectivity index is 2.31. The highest BCUT2D eigenvalue weighted by molar-refractivity contribution is 8.26. The van der Waals surface area contributed by atoms with Crippen molar-refractivity contribution in [2.75, 3.05) is 7.05 Å². The lowest BCUT2D eigenvalue weighted by Gasteiger charge is -2.12. The Bertz CT molecular complexity index is 642. The van der Waals surface area contributed by atoms with Gasteiger partial charge in [0.2, 0.25) is 0 Å². The van der Waals surface area contributed by atoms with E-state index in [1.807, 2.05) is 0 Å². The van der Waals surface area contributed by atoms with Crippen LogP contribution in [0.3, 0.4) is 0 Å². The summed E-state index contributed by atoms with van der Waals surface area (Å²) < 4.78 is 5.88. The van der Waals surface area contributed by atoms with E-state index in [2.05, 4.69) is 0 Å². The minimum Gasteiger partial charge on any atom is -0.479 e. The van der Waals surface area contributed by atoms with Gasteiger partial charge in [-0.2, -0.15) is 0 Å². The molecule has 1 heterocycles. The Morgan fingerprint density at radius 3 is 2.71 bits per heavy atom. The molecular formula is C14H13NO4S2. The van der Waals surface area contributed by atoms with Crippen molar-refractivity contribution in [3.63, 3.8) is 0 Å². The topological polar surface area (TPSA) is 66.8 Å². The van der Waals surface area contributed by atoms with Crippen LogP contribution in [0, 0.1) is 0 Å². The molecule has 1 saturated heterocycles. The number of hydrogen-bond acceptors (Lipinski definition) is 5. The van der Waals surface area contributed by atoms with Crippen LogP contribution in [0.4, 0.5) is 0 Å². The fraction of sp³-hybridized carbons (Fsp3) is 0.214. The van der Waals surface area contributed by atoms with Gasteiger partial charge in [-0.3, -0.25) is 9.69 Å². The van der Waals surface area contributed by atoms with E-state index in [1.165, 1.54) is 23.6 Å². The summed E-state index contributed by atoms with van der Waals surface area (Å²) in [5.41, 5.74) is 0.638. The first kappa shape index (κ1) is 15.5. The lowest BCUT2D eigenvalue weighted by molar-refractivity contribution is -0.144. The number of amides is 1. The van der Waals surface area contributed by atoms with Crippen molar-refractivity contribution in [2.45, 2.75) is 13.0 Å². The largest absolute Gasteiger partial charge is 0.479 e. The Morgan fingerprint density at radius 2 is 2.14 bits per heavy atom. The van der Waals surface area contributed by atoms with Crippen molar-refractivity contribution < 1.29 is 19.4 Å². The first-order valence-electron chi connectivity index (χ1n) is 6.10. The molecule has 0 bridgehead atoms. The number of nitrogens with zero attached hydrogens (tertiary/aromatic N) is 1. The first-order valence-corrected chi connectivity index (χ1v) is 7.32. The minimum atomic E-state index is -1.05. The monoisotopic (exact) mass is 323 g/mol. The highest BCUT2D eigenvalue weighted by Gasteiger charge is 2.29. The molecule has 1 atom stereocenters. The number of rotatable bonds is 4. The molecule has 2 rings (SSSR count). The number of hydrogen-bond donors (Lipinski definition) is 1. The maximum absolute atomic E-state index is 12.0. The molecule has 1 aliphatic heterocycles. The normalized spacial score (nSPS) is 18.2. The number of aliphatic carboxylic acids is 1. The molecule has 1 amide bonds. The molecule has 21 heavy (non-hydrogen) atoms. The van der Waals surface area contributed by atoms with Crippen molar-refractivity contribution in [1.29, 1.82) is 0 Å². The van der Waals surface area contributed by atoms with Crippen LogP contribution in [0.15, 0.2) is 29.2 Å². The van der Waals surface area contributed by atoms with Crippen LogP contribution in [0.2, 0.25) is 0 Å². The summed E-state index contributed by atoms with van der Waals surface area (Å²) in [6.45, 7) is 1.45. The zero-order chi connectivity index (χ0) is 15.6. The number of carboxylic acids is 1. The van der Waals surface area contributed by atoms with Crippen molar-refractivity contribution in [2.24, 2.45) is 0 Å². The third-order valence-corrected chi connectivity index (χ3v) is 4.33. The molecule has 1 N–H and O–H groups in total. The lowest BCUT2D eigenvalue weighted by Crippen LogP contribution is -2.23. The van der Waals surface area contributed by atoms with E-state index in [0.717, 1.165) is 0 Å². The van der Waals surface area contributed by atoms with Crippen LogP contribution in [0.25, 0.3) is 6.08 Å². The lowest BCUT2D eigenvalue weighted by atomic mass is 10.2. The Kier molecular flexibility index (Phi) is 4.64. The van der Waals surface area contributed by atoms with Crippen LogP contribution in [-0.2, 0) is 9.59 Å². The standard InChI is InChI=1S/C14H13NO4S2/c1-8(13(17)18)19-10-6-4-3-5-9(10)7-11-12(16)15(2)14(20)21-11/h3-8H,1-2H3,(H,17,18)/b11-7+. The quantitative estimate of drug-likeness (QED) is 0.678. The number of thiocarbonyl (C=S) groups is 1. The van der Waals surface area contributed by atoms with Gasteiger partial charge >= 0.3 is 5.97 Å². The van der Waals surface area contributed by atoms with Gasteiger partial charge in [-0.15, -0.1) is 0 Å². The van der Waals surface area contributed by atoms with Gasteiger partial charge in [0.15, 0.2) is 6.10 Å². The van der Waals surface area contributed by atoms with Gasteiger partial charge in [0.25, 0.3) is 5.91 Å². The molecule has 7 heteroatoms. The van der Waals surface area contributed by atoms with E-state index >= 15 is 0 Å². The van der Waals surface area contributed by atoms with Gasteiger partial charge < -0.3 is 9.84 Å². The molecule has 1 aliphatic rings. The Labute approximate surface area is 131 Å².